The smallest absolute Gasteiger partial charge is 0.116 e. The van der Waals surface area contributed by atoms with Crippen molar-refractivity contribution in [1.29, 1.82) is 0 Å². The molecular weight excluding hydrogens is 262 g/mol. The predicted octanol–water partition coefficient (Wildman–Crippen LogP) is 2.96. The van der Waals surface area contributed by atoms with E-state index in [1.165, 1.54) is 11.1 Å². The summed E-state index contributed by atoms with van der Waals surface area (Å²) < 4.78 is 0. The number of phenolic OH excluding ortho intramolecular Hbond substituents is 1. The van der Waals surface area contributed by atoms with Gasteiger partial charge in [-0.25, -0.2) is 4.98 Å². The highest BCUT2D eigenvalue weighted by atomic mass is 35.5. The van der Waals surface area contributed by atoms with Crippen LogP contribution in [0.5, 0.6) is 5.75 Å². The van der Waals surface area contributed by atoms with Crippen molar-refractivity contribution in [2.24, 2.45) is 0 Å². The molecule has 0 aliphatic heterocycles. The molecule has 1 aromatic carbocycles. The van der Waals surface area contributed by atoms with Gasteiger partial charge in [-0.1, -0.05) is 0 Å². The van der Waals surface area contributed by atoms with Gasteiger partial charge in [-0.3, -0.25) is 5.10 Å². The van der Waals surface area contributed by atoms with E-state index in [0.29, 0.717) is 0 Å². The number of nitrogens with zero attached hydrogens (tertiary/aromatic N) is 2. The van der Waals surface area contributed by atoms with Crippen molar-refractivity contribution in [3.63, 3.8) is 0 Å². The maximum absolute atomic E-state index is 9.59. The summed E-state index contributed by atoms with van der Waals surface area (Å²) in [6.45, 7) is 2.08. The third-order valence-electron chi connectivity index (χ3n) is 3.68. The third-order valence-corrected chi connectivity index (χ3v) is 3.68. The molecule has 0 unspecified atom stereocenters. The van der Waals surface area contributed by atoms with E-state index in [1.807, 2.05) is 12.3 Å². The molecule has 0 saturated heterocycles. The number of nitrogens with one attached hydrogen (secondary N) is 1. The number of H-pyrrole nitrogens is 1. The molecular formula is C14H12ClN3O. The van der Waals surface area contributed by atoms with E-state index in [2.05, 4.69) is 17.1 Å². The number of phenols is 1. The molecule has 0 bridgehead atoms. The van der Waals surface area contributed by atoms with Gasteiger partial charge in [-0.05, 0) is 36.2 Å². The van der Waals surface area contributed by atoms with E-state index < -0.39 is 0 Å². The summed E-state index contributed by atoms with van der Waals surface area (Å²) in [6.07, 6.45) is 2.68. The zero-order valence-electron chi connectivity index (χ0n) is 10.3. The number of hydrogen-bond acceptors (Lipinski definition) is 3. The molecule has 5 heteroatoms. The van der Waals surface area contributed by atoms with E-state index in [9.17, 15) is 5.11 Å². The molecule has 4 nitrogen and oxygen atoms in total. The predicted molar refractivity (Wildman–Crippen MR) is 75.8 cm³/mol. The van der Waals surface area contributed by atoms with Crippen molar-refractivity contribution in [2.75, 3.05) is 0 Å². The maximum atomic E-state index is 9.59. The van der Waals surface area contributed by atoms with Crippen molar-refractivity contribution in [3.05, 3.63) is 41.2 Å². The van der Waals surface area contributed by atoms with Gasteiger partial charge in [0, 0.05) is 23.1 Å². The van der Waals surface area contributed by atoms with Gasteiger partial charge in [0.25, 0.3) is 0 Å². The van der Waals surface area contributed by atoms with Gasteiger partial charge >= 0.3 is 0 Å². The Morgan fingerprint density at radius 3 is 3.00 bits per heavy atom. The number of aromatic amines is 1. The van der Waals surface area contributed by atoms with Crippen LogP contribution < -0.4 is 0 Å². The van der Waals surface area contributed by atoms with Crippen molar-refractivity contribution in [2.45, 2.75) is 13.3 Å². The summed E-state index contributed by atoms with van der Waals surface area (Å²) in [6, 6.07) is 5.31. The van der Waals surface area contributed by atoms with Crippen molar-refractivity contribution in [3.8, 4) is 17.0 Å². The Labute approximate surface area is 115 Å². The average Bonchev–Trinajstić information content (AvgIpc) is 2.92. The molecule has 0 atom stereocenters. The minimum absolute atomic E-state index is 0. The van der Waals surface area contributed by atoms with E-state index in [1.54, 1.807) is 12.1 Å². The number of hydrogen-bond donors (Lipinski definition) is 2. The fourth-order valence-corrected chi connectivity index (χ4v) is 2.72. The van der Waals surface area contributed by atoms with E-state index in [4.69, 9.17) is 4.98 Å². The SMILES string of the molecule is Cc1c2c(nc3ccc(O)cc13)-c1cn[nH]c1C2.Cl. The van der Waals surface area contributed by atoms with Crippen molar-refractivity contribution >= 4 is 23.3 Å². The quantitative estimate of drug-likeness (QED) is 0.518. The summed E-state index contributed by atoms with van der Waals surface area (Å²) in [7, 11) is 0. The third kappa shape index (κ3) is 1.53. The van der Waals surface area contributed by atoms with Crippen LogP contribution in [0.2, 0.25) is 0 Å². The van der Waals surface area contributed by atoms with Gasteiger partial charge in [0.2, 0.25) is 0 Å². The summed E-state index contributed by atoms with van der Waals surface area (Å²) >= 11 is 0. The number of aromatic hydroxyl groups is 1. The molecule has 2 N–H and O–H groups in total. The first-order valence-corrected chi connectivity index (χ1v) is 5.89. The van der Waals surface area contributed by atoms with Gasteiger partial charge in [0.15, 0.2) is 0 Å². The second-order valence-corrected chi connectivity index (χ2v) is 4.70. The summed E-state index contributed by atoms with van der Waals surface area (Å²) in [4.78, 5) is 4.70. The second kappa shape index (κ2) is 3.96. The van der Waals surface area contributed by atoms with Gasteiger partial charge < -0.3 is 5.11 Å². The summed E-state index contributed by atoms with van der Waals surface area (Å²) in [5, 5.41) is 17.7. The Morgan fingerprint density at radius 2 is 2.16 bits per heavy atom. The first kappa shape index (κ1) is 12.0. The van der Waals surface area contributed by atoms with E-state index in [-0.39, 0.29) is 18.2 Å². The monoisotopic (exact) mass is 273 g/mol. The zero-order valence-corrected chi connectivity index (χ0v) is 11.1. The molecule has 19 heavy (non-hydrogen) atoms. The van der Waals surface area contributed by atoms with Gasteiger partial charge in [-0.15, -0.1) is 12.4 Å². The standard InChI is InChI=1S/C14H11N3O.ClH/c1-7-9-4-8(18)2-3-12(9)16-14-10(7)5-13-11(14)6-15-17-13;/h2-4,6,18H,5H2,1H3,(H,15,17);1H. The van der Waals surface area contributed by atoms with E-state index in [0.717, 1.165) is 34.3 Å². The maximum Gasteiger partial charge on any atom is 0.116 e. The van der Waals surface area contributed by atoms with E-state index >= 15 is 0 Å². The van der Waals surface area contributed by atoms with Crippen LogP contribution in [-0.4, -0.2) is 20.3 Å². The molecule has 2 aromatic heterocycles. The first-order chi connectivity index (χ1) is 8.74. The lowest BCUT2D eigenvalue weighted by atomic mass is 10.0. The Kier molecular flexibility index (Phi) is 2.50. The van der Waals surface area contributed by atoms with Crippen LogP contribution in [0.25, 0.3) is 22.2 Å². The lowest BCUT2D eigenvalue weighted by Crippen LogP contribution is -1.93. The topological polar surface area (TPSA) is 61.8 Å². The van der Waals surface area contributed by atoms with Crippen LogP contribution >= 0.6 is 12.4 Å². The first-order valence-electron chi connectivity index (χ1n) is 5.89. The van der Waals surface area contributed by atoms with Gasteiger partial charge in [-0.2, -0.15) is 5.10 Å². The molecule has 2 heterocycles. The fraction of sp³-hybridized carbons (Fsp3) is 0.143. The van der Waals surface area contributed by atoms with Crippen LogP contribution in [0.15, 0.2) is 24.4 Å². The van der Waals surface area contributed by atoms with Crippen LogP contribution in [-0.2, 0) is 6.42 Å². The Balaban J connectivity index is 0.00000110. The van der Waals surface area contributed by atoms with Crippen LogP contribution in [0.1, 0.15) is 16.8 Å². The minimum Gasteiger partial charge on any atom is -0.508 e. The lowest BCUT2D eigenvalue weighted by Gasteiger charge is -2.08. The largest absolute Gasteiger partial charge is 0.508 e. The van der Waals surface area contributed by atoms with Gasteiger partial charge in [0.05, 0.1) is 17.4 Å². The highest BCUT2D eigenvalue weighted by Gasteiger charge is 2.24. The summed E-state index contributed by atoms with van der Waals surface area (Å²) in [5.41, 5.74) is 6.59. The second-order valence-electron chi connectivity index (χ2n) is 4.70. The number of fused-ring (bicyclic) bond motifs is 4. The molecule has 1 aliphatic carbocycles. The molecule has 0 spiro atoms. The minimum atomic E-state index is 0. The Hall–Kier alpha value is -2.07. The highest BCUT2D eigenvalue weighted by molar-refractivity contribution is 5.90. The number of rotatable bonds is 0. The molecule has 0 fully saturated rings. The molecule has 0 radical (unpaired) electrons. The fourth-order valence-electron chi connectivity index (χ4n) is 2.72. The zero-order chi connectivity index (χ0) is 12.3. The van der Waals surface area contributed by atoms with Crippen LogP contribution in [0.4, 0.5) is 0 Å². The summed E-state index contributed by atoms with van der Waals surface area (Å²) in [5.74, 6) is 0.283. The molecule has 1 aliphatic rings. The molecule has 3 aromatic rings. The van der Waals surface area contributed by atoms with Crippen LogP contribution in [0, 0.1) is 6.92 Å². The lowest BCUT2D eigenvalue weighted by molar-refractivity contribution is 0.476. The number of aromatic nitrogens is 3. The van der Waals surface area contributed by atoms with Gasteiger partial charge in [0.1, 0.15) is 5.75 Å². The number of pyridine rings is 1. The highest BCUT2D eigenvalue weighted by Crippen LogP contribution is 2.38. The average molecular weight is 274 g/mol. The number of benzene rings is 1. The van der Waals surface area contributed by atoms with Crippen molar-refractivity contribution in [1.82, 2.24) is 15.2 Å². The number of aryl methyl sites for hydroxylation is 1. The molecule has 0 saturated carbocycles. The normalized spacial score (nSPS) is 12.1. The molecule has 96 valence electrons. The van der Waals surface area contributed by atoms with Crippen LogP contribution in [0.3, 0.4) is 0 Å². The molecule has 0 amide bonds. The Morgan fingerprint density at radius 1 is 1.32 bits per heavy atom. The Bertz CT molecular complexity index is 795. The van der Waals surface area contributed by atoms with Crippen molar-refractivity contribution < 1.29 is 5.11 Å². The number of halogens is 1. The molecule has 4 rings (SSSR count).